The van der Waals surface area contributed by atoms with Gasteiger partial charge in [-0.25, -0.2) is 4.79 Å². The van der Waals surface area contributed by atoms with Crippen LogP contribution < -0.4 is 0 Å². The van der Waals surface area contributed by atoms with Crippen LogP contribution in [0, 0.1) is 5.92 Å². The monoisotopic (exact) mass is 232 g/mol. The molecular weight excluding hydrogens is 216 g/mol. The van der Waals surface area contributed by atoms with Crippen LogP contribution in [0.5, 0.6) is 0 Å². The molecule has 1 aromatic rings. The van der Waals surface area contributed by atoms with Gasteiger partial charge in [-0.2, -0.15) is 0 Å². The van der Waals surface area contributed by atoms with E-state index < -0.39 is 0 Å². The zero-order valence-corrected chi connectivity index (χ0v) is 10.1. The number of esters is 1. The number of rotatable bonds is 3. The molecule has 1 aliphatic rings. The minimum absolute atomic E-state index is 0.0496. The van der Waals surface area contributed by atoms with E-state index >= 15 is 0 Å². The Morgan fingerprint density at radius 3 is 2.65 bits per heavy atom. The second-order valence-electron chi connectivity index (χ2n) is 4.41. The molecule has 0 amide bonds. The Hall–Kier alpha value is -1.61. The predicted molar refractivity (Wildman–Crippen MR) is 64.5 cm³/mol. The Labute approximate surface area is 101 Å². The SMILES string of the molecule is CC(C)[C@@H]1C=C(OC(=O)c2ccccc2)CO1. The van der Waals surface area contributed by atoms with E-state index in [2.05, 4.69) is 13.8 Å². The van der Waals surface area contributed by atoms with Gasteiger partial charge in [-0.15, -0.1) is 0 Å². The molecule has 0 bridgehead atoms. The number of hydrogen-bond acceptors (Lipinski definition) is 3. The first-order chi connectivity index (χ1) is 8.16. The van der Waals surface area contributed by atoms with E-state index in [-0.39, 0.29) is 12.1 Å². The molecule has 0 spiro atoms. The van der Waals surface area contributed by atoms with Crippen molar-refractivity contribution >= 4 is 5.97 Å². The van der Waals surface area contributed by atoms with Crippen molar-refractivity contribution in [1.82, 2.24) is 0 Å². The molecule has 1 aliphatic heterocycles. The van der Waals surface area contributed by atoms with Gasteiger partial charge in [-0.3, -0.25) is 0 Å². The largest absolute Gasteiger partial charge is 0.425 e. The van der Waals surface area contributed by atoms with Crippen LogP contribution in [-0.4, -0.2) is 18.7 Å². The van der Waals surface area contributed by atoms with Gasteiger partial charge in [0, 0.05) is 0 Å². The van der Waals surface area contributed by atoms with Crippen LogP contribution in [-0.2, 0) is 9.47 Å². The van der Waals surface area contributed by atoms with E-state index in [9.17, 15) is 4.79 Å². The maximum atomic E-state index is 11.8. The van der Waals surface area contributed by atoms with Gasteiger partial charge in [0.1, 0.15) is 12.4 Å². The van der Waals surface area contributed by atoms with Gasteiger partial charge in [-0.1, -0.05) is 32.0 Å². The summed E-state index contributed by atoms with van der Waals surface area (Å²) in [5.74, 6) is 0.672. The van der Waals surface area contributed by atoms with Gasteiger partial charge in [0.05, 0.1) is 11.7 Å². The topological polar surface area (TPSA) is 35.5 Å². The van der Waals surface area contributed by atoms with E-state index in [1.165, 1.54) is 0 Å². The average molecular weight is 232 g/mol. The molecule has 3 heteroatoms. The Morgan fingerprint density at radius 1 is 1.35 bits per heavy atom. The van der Waals surface area contributed by atoms with E-state index in [4.69, 9.17) is 9.47 Å². The summed E-state index contributed by atoms with van der Waals surface area (Å²) in [7, 11) is 0. The lowest BCUT2D eigenvalue weighted by Crippen LogP contribution is -2.12. The van der Waals surface area contributed by atoms with Crippen LogP contribution in [0.25, 0.3) is 0 Å². The van der Waals surface area contributed by atoms with Gasteiger partial charge in [0.15, 0.2) is 0 Å². The van der Waals surface area contributed by atoms with Crippen LogP contribution in [0.15, 0.2) is 42.2 Å². The van der Waals surface area contributed by atoms with E-state index in [1.807, 2.05) is 24.3 Å². The van der Waals surface area contributed by atoms with Crippen molar-refractivity contribution in [3.63, 3.8) is 0 Å². The van der Waals surface area contributed by atoms with Crippen LogP contribution in [0.1, 0.15) is 24.2 Å². The molecule has 0 saturated carbocycles. The molecule has 2 rings (SSSR count). The van der Waals surface area contributed by atoms with Gasteiger partial charge < -0.3 is 9.47 Å². The quantitative estimate of drug-likeness (QED) is 0.752. The number of carbonyl (C=O) groups is 1. The zero-order chi connectivity index (χ0) is 12.3. The minimum Gasteiger partial charge on any atom is -0.425 e. The third kappa shape index (κ3) is 2.94. The third-order valence-corrected chi connectivity index (χ3v) is 2.66. The first-order valence-electron chi connectivity index (χ1n) is 5.76. The minimum atomic E-state index is -0.329. The Morgan fingerprint density at radius 2 is 2.06 bits per heavy atom. The van der Waals surface area contributed by atoms with Crippen molar-refractivity contribution in [2.24, 2.45) is 5.92 Å². The number of hydrogen-bond donors (Lipinski definition) is 0. The van der Waals surface area contributed by atoms with Gasteiger partial charge in [0.25, 0.3) is 0 Å². The Kier molecular flexibility index (Phi) is 3.59. The van der Waals surface area contributed by atoms with E-state index in [1.54, 1.807) is 12.1 Å². The molecule has 0 saturated heterocycles. The standard InChI is InChI=1S/C14H16O3/c1-10(2)13-8-12(9-16-13)17-14(15)11-6-4-3-5-7-11/h3-8,10,13H,9H2,1-2H3/t13-/m0/s1. The average Bonchev–Trinajstić information content (AvgIpc) is 2.79. The lowest BCUT2D eigenvalue weighted by molar-refractivity contribution is 0.0511. The fourth-order valence-corrected chi connectivity index (χ4v) is 1.66. The van der Waals surface area contributed by atoms with E-state index in [0.717, 1.165) is 0 Å². The summed E-state index contributed by atoms with van der Waals surface area (Å²) in [6.45, 7) is 4.52. The number of benzene rings is 1. The molecule has 3 nitrogen and oxygen atoms in total. The van der Waals surface area contributed by atoms with Crippen LogP contribution in [0.4, 0.5) is 0 Å². The molecule has 0 aromatic heterocycles. The lowest BCUT2D eigenvalue weighted by Gasteiger charge is -2.09. The first-order valence-corrected chi connectivity index (χ1v) is 5.76. The molecule has 0 unspecified atom stereocenters. The first kappa shape index (κ1) is 11.9. The molecule has 90 valence electrons. The van der Waals surface area contributed by atoms with Crippen LogP contribution in [0.2, 0.25) is 0 Å². The van der Waals surface area contributed by atoms with Crippen molar-refractivity contribution < 1.29 is 14.3 Å². The highest BCUT2D eigenvalue weighted by molar-refractivity contribution is 5.90. The molecule has 0 radical (unpaired) electrons. The van der Waals surface area contributed by atoms with E-state index in [0.29, 0.717) is 23.8 Å². The molecule has 1 heterocycles. The van der Waals surface area contributed by atoms with Crippen LogP contribution >= 0.6 is 0 Å². The Balaban J connectivity index is 1.99. The van der Waals surface area contributed by atoms with Gasteiger partial charge >= 0.3 is 5.97 Å². The summed E-state index contributed by atoms with van der Waals surface area (Å²) in [5.41, 5.74) is 0.557. The van der Waals surface area contributed by atoms with Gasteiger partial charge in [0.2, 0.25) is 0 Å². The summed E-state index contributed by atoms with van der Waals surface area (Å²) < 4.78 is 10.8. The highest BCUT2D eigenvalue weighted by Gasteiger charge is 2.22. The van der Waals surface area contributed by atoms with Gasteiger partial charge in [-0.05, 0) is 24.1 Å². The van der Waals surface area contributed by atoms with Crippen molar-refractivity contribution in [2.45, 2.75) is 20.0 Å². The summed E-state index contributed by atoms with van der Waals surface area (Å²) in [6, 6.07) is 8.96. The summed E-state index contributed by atoms with van der Waals surface area (Å²) in [5, 5.41) is 0. The maximum Gasteiger partial charge on any atom is 0.343 e. The molecule has 1 atom stereocenters. The highest BCUT2D eigenvalue weighted by atomic mass is 16.6. The molecule has 0 fully saturated rings. The second kappa shape index (κ2) is 5.15. The fraction of sp³-hybridized carbons (Fsp3) is 0.357. The van der Waals surface area contributed by atoms with Crippen LogP contribution in [0.3, 0.4) is 0 Å². The zero-order valence-electron chi connectivity index (χ0n) is 10.1. The molecule has 0 aliphatic carbocycles. The number of ether oxygens (including phenoxy) is 2. The normalized spacial score (nSPS) is 19.2. The number of carbonyl (C=O) groups excluding carboxylic acids is 1. The third-order valence-electron chi connectivity index (χ3n) is 2.66. The smallest absolute Gasteiger partial charge is 0.343 e. The van der Waals surface area contributed by atoms with Crippen molar-refractivity contribution in [1.29, 1.82) is 0 Å². The molecule has 17 heavy (non-hydrogen) atoms. The highest BCUT2D eigenvalue weighted by Crippen LogP contribution is 2.20. The molecular formula is C14H16O3. The van der Waals surface area contributed by atoms with Crippen molar-refractivity contribution in [3.8, 4) is 0 Å². The maximum absolute atomic E-state index is 11.8. The van der Waals surface area contributed by atoms with Crippen molar-refractivity contribution in [3.05, 3.63) is 47.7 Å². The summed E-state index contributed by atoms with van der Waals surface area (Å²) >= 11 is 0. The predicted octanol–water partition coefficient (Wildman–Crippen LogP) is 2.78. The Bertz CT molecular complexity index is 420. The summed E-state index contributed by atoms with van der Waals surface area (Å²) in [4.78, 5) is 11.8. The fourth-order valence-electron chi connectivity index (χ4n) is 1.66. The lowest BCUT2D eigenvalue weighted by atomic mass is 10.1. The second-order valence-corrected chi connectivity index (χ2v) is 4.41. The molecule has 0 N–H and O–H groups in total. The van der Waals surface area contributed by atoms with Crippen molar-refractivity contribution in [2.75, 3.05) is 6.61 Å². The summed E-state index contributed by atoms with van der Waals surface area (Å²) in [6.07, 6.45) is 1.93. The molecule has 1 aromatic carbocycles.